The molecule has 0 radical (unpaired) electrons. The van der Waals surface area contributed by atoms with Crippen LogP contribution in [0.25, 0.3) is 0 Å². The second-order valence-electron chi connectivity index (χ2n) is 5.97. The van der Waals surface area contributed by atoms with Gasteiger partial charge in [0.05, 0.1) is 12.5 Å². The lowest BCUT2D eigenvalue weighted by Gasteiger charge is -2.33. The van der Waals surface area contributed by atoms with Crippen LogP contribution in [0.1, 0.15) is 50.4 Å². The van der Waals surface area contributed by atoms with E-state index >= 15 is 0 Å². The topological polar surface area (TPSA) is 63.4 Å². The van der Waals surface area contributed by atoms with Crippen LogP contribution in [-0.2, 0) is 4.74 Å². The third-order valence-electron chi connectivity index (χ3n) is 4.73. The molecule has 2 saturated heterocycles. The Kier molecular flexibility index (Phi) is 4.05. The van der Waals surface area contributed by atoms with Crippen molar-refractivity contribution >= 4 is 0 Å². The molecule has 3 heterocycles. The van der Waals surface area contributed by atoms with Crippen LogP contribution in [0.5, 0.6) is 0 Å². The zero-order chi connectivity index (χ0) is 14.1. The van der Waals surface area contributed by atoms with Gasteiger partial charge in [0.15, 0.2) is 0 Å². The number of aromatic nitrogens is 2. The molecule has 0 amide bonds. The minimum Gasteiger partial charge on any atom is -0.367 e. The minimum absolute atomic E-state index is 0.0426. The van der Waals surface area contributed by atoms with Gasteiger partial charge in [-0.25, -0.2) is 0 Å². The number of likely N-dealkylation sites (N-methyl/N-ethyl adjacent to an activating group) is 1. The average molecular weight is 280 g/mol. The minimum atomic E-state index is -0.0426. The molecule has 0 bridgehead atoms. The number of rotatable bonds is 4. The van der Waals surface area contributed by atoms with E-state index in [4.69, 9.17) is 9.26 Å². The van der Waals surface area contributed by atoms with Crippen LogP contribution >= 0.6 is 0 Å². The van der Waals surface area contributed by atoms with E-state index in [1.165, 1.54) is 19.4 Å². The number of hydrogen-bond donors (Lipinski definition) is 1. The van der Waals surface area contributed by atoms with Gasteiger partial charge in [0.25, 0.3) is 0 Å². The number of ether oxygens (including phenoxy) is 1. The number of morpholine rings is 1. The van der Waals surface area contributed by atoms with Crippen molar-refractivity contribution in [3.05, 3.63) is 11.7 Å². The summed E-state index contributed by atoms with van der Waals surface area (Å²) in [5.41, 5.74) is 0. The van der Waals surface area contributed by atoms with E-state index in [-0.39, 0.29) is 12.0 Å². The number of hydrogen-bond acceptors (Lipinski definition) is 6. The normalized spacial score (nSPS) is 30.1. The molecule has 0 aliphatic carbocycles. The quantitative estimate of drug-likeness (QED) is 0.897. The standard InChI is InChI=1S/C14H24N4O2/c1-9(10(2)15-3)14-16-13(17-20-14)12-7-18-6-4-5-11(18)8-19-12/h9-12,15H,4-8H2,1-3H3. The second kappa shape index (κ2) is 5.79. The summed E-state index contributed by atoms with van der Waals surface area (Å²) in [6.07, 6.45) is 2.48. The van der Waals surface area contributed by atoms with Crippen LogP contribution in [0.15, 0.2) is 4.52 Å². The van der Waals surface area contributed by atoms with E-state index in [1.807, 2.05) is 7.05 Å². The molecule has 2 fully saturated rings. The molecular formula is C14H24N4O2. The second-order valence-corrected chi connectivity index (χ2v) is 5.97. The molecule has 0 aromatic carbocycles. The lowest BCUT2D eigenvalue weighted by Crippen LogP contribution is -2.42. The van der Waals surface area contributed by atoms with Gasteiger partial charge in [-0.15, -0.1) is 0 Å². The van der Waals surface area contributed by atoms with Gasteiger partial charge in [-0.05, 0) is 33.4 Å². The van der Waals surface area contributed by atoms with E-state index in [0.717, 1.165) is 13.2 Å². The Labute approximate surface area is 119 Å². The van der Waals surface area contributed by atoms with Crippen molar-refractivity contribution in [2.45, 2.75) is 50.8 Å². The first-order valence-electron chi connectivity index (χ1n) is 7.55. The van der Waals surface area contributed by atoms with Crippen LogP contribution < -0.4 is 5.32 Å². The fraction of sp³-hybridized carbons (Fsp3) is 0.857. The van der Waals surface area contributed by atoms with Crippen LogP contribution in [0.2, 0.25) is 0 Å². The average Bonchev–Trinajstić information content (AvgIpc) is 3.13. The van der Waals surface area contributed by atoms with E-state index in [2.05, 4.69) is 34.2 Å². The summed E-state index contributed by atoms with van der Waals surface area (Å²) in [5.74, 6) is 1.58. The molecule has 2 aliphatic heterocycles. The highest BCUT2D eigenvalue weighted by Gasteiger charge is 2.35. The highest BCUT2D eigenvalue weighted by molar-refractivity contribution is 5.01. The monoisotopic (exact) mass is 280 g/mol. The van der Waals surface area contributed by atoms with Crippen molar-refractivity contribution in [1.29, 1.82) is 0 Å². The van der Waals surface area contributed by atoms with Crippen molar-refractivity contribution in [3.8, 4) is 0 Å². The van der Waals surface area contributed by atoms with Gasteiger partial charge >= 0.3 is 0 Å². The maximum atomic E-state index is 5.92. The fourth-order valence-electron chi connectivity index (χ4n) is 3.00. The van der Waals surface area contributed by atoms with Crippen molar-refractivity contribution in [3.63, 3.8) is 0 Å². The zero-order valence-corrected chi connectivity index (χ0v) is 12.5. The molecule has 2 aliphatic rings. The predicted molar refractivity (Wildman–Crippen MR) is 74.5 cm³/mol. The first-order valence-corrected chi connectivity index (χ1v) is 7.55. The third-order valence-corrected chi connectivity index (χ3v) is 4.73. The Morgan fingerprint density at radius 2 is 2.25 bits per heavy atom. The summed E-state index contributed by atoms with van der Waals surface area (Å²) in [4.78, 5) is 7.04. The predicted octanol–water partition coefficient (Wildman–Crippen LogP) is 1.32. The summed E-state index contributed by atoms with van der Waals surface area (Å²) < 4.78 is 11.3. The van der Waals surface area contributed by atoms with Crippen molar-refractivity contribution < 1.29 is 9.26 Å². The Bertz CT molecular complexity index is 450. The SMILES string of the molecule is CNC(C)C(C)c1nc(C2CN3CCCC3CO2)no1. The van der Waals surface area contributed by atoms with Gasteiger partial charge in [-0.3, -0.25) is 4.90 Å². The highest BCUT2D eigenvalue weighted by Crippen LogP contribution is 2.29. The first kappa shape index (κ1) is 14.0. The Balaban J connectivity index is 1.67. The molecule has 4 unspecified atom stereocenters. The fourth-order valence-corrected chi connectivity index (χ4v) is 3.00. The molecule has 0 saturated carbocycles. The maximum absolute atomic E-state index is 5.92. The van der Waals surface area contributed by atoms with Crippen molar-refractivity contribution in [1.82, 2.24) is 20.4 Å². The molecular weight excluding hydrogens is 256 g/mol. The third kappa shape index (κ3) is 2.60. The lowest BCUT2D eigenvalue weighted by atomic mass is 10.0. The molecule has 0 spiro atoms. The molecule has 6 heteroatoms. The molecule has 4 atom stereocenters. The van der Waals surface area contributed by atoms with Crippen molar-refractivity contribution in [2.75, 3.05) is 26.7 Å². The van der Waals surface area contributed by atoms with Gasteiger partial charge in [0.2, 0.25) is 11.7 Å². The Morgan fingerprint density at radius 1 is 1.40 bits per heavy atom. The maximum Gasteiger partial charge on any atom is 0.231 e. The van der Waals surface area contributed by atoms with E-state index < -0.39 is 0 Å². The summed E-state index contributed by atoms with van der Waals surface area (Å²) in [6, 6.07) is 0.902. The van der Waals surface area contributed by atoms with Crippen LogP contribution in [0, 0.1) is 0 Å². The van der Waals surface area contributed by atoms with Gasteiger partial charge in [0.1, 0.15) is 6.10 Å². The molecule has 1 aromatic rings. The summed E-state index contributed by atoms with van der Waals surface area (Å²) in [5, 5.41) is 7.34. The van der Waals surface area contributed by atoms with Crippen LogP contribution in [0.3, 0.4) is 0 Å². The van der Waals surface area contributed by atoms with Crippen LogP contribution in [0.4, 0.5) is 0 Å². The Hall–Kier alpha value is -0.980. The molecule has 112 valence electrons. The lowest BCUT2D eigenvalue weighted by molar-refractivity contribution is -0.0548. The molecule has 1 N–H and O–H groups in total. The number of nitrogens with zero attached hydrogens (tertiary/aromatic N) is 3. The molecule has 6 nitrogen and oxygen atoms in total. The van der Waals surface area contributed by atoms with E-state index in [9.17, 15) is 0 Å². The Morgan fingerprint density at radius 3 is 3.05 bits per heavy atom. The zero-order valence-electron chi connectivity index (χ0n) is 12.5. The van der Waals surface area contributed by atoms with Gasteiger partial charge in [-0.1, -0.05) is 12.1 Å². The van der Waals surface area contributed by atoms with Gasteiger partial charge < -0.3 is 14.6 Å². The highest BCUT2D eigenvalue weighted by atomic mass is 16.5. The van der Waals surface area contributed by atoms with E-state index in [0.29, 0.717) is 23.8 Å². The summed E-state index contributed by atoms with van der Waals surface area (Å²) in [6.45, 7) is 7.05. The van der Waals surface area contributed by atoms with Crippen LogP contribution in [-0.4, -0.2) is 53.9 Å². The summed E-state index contributed by atoms with van der Waals surface area (Å²) >= 11 is 0. The number of nitrogens with one attached hydrogen (secondary N) is 1. The number of fused-ring (bicyclic) bond motifs is 1. The van der Waals surface area contributed by atoms with Gasteiger partial charge in [0, 0.05) is 18.6 Å². The largest absolute Gasteiger partial charge is 0.367 e. The van der Waals surface area contributed by atoms with Gasteiger partial charge in [-0.2, -0.15) is 4.98 Å². The molecule has 20 heavy (non-hydrogen) atoms. The molecule has 1 aromatic heterocycles. The smallest absolute Gasteiger partial charge is 0.231 e. The summed E-state index contributed by atoms with van der Waals surface area (Å²) in [7, 11) is 1.94. The van der Waals surface area contributed by atoms with Crippen molar-refractivity contribution in [2.24, 2.45) is 0 Å². The molecule has 3 rings (SSSR count). The van der Waals surface area contributed by atoms with E-state index in [1.54, 1.807) is 0 Å². The first-order chi connectivity index (χ1) is 9.69.